The van der Waals surface area contributed by atoms with Crippen LogP contribution in [0.4, 0.5) is 4.39 Å². The molecule has 0 unspecified atom stereocenters. The van der Waals surface area contributed by atoms with E-state index in [1.165, 1.54) is 18.3 Å². The van der Waals surface area contributed by atoms with Gasteiger partial charge in [0.05, 0.1) is 6.20 Å². The molecule has 1 heterocycles. The molecule has 0 atom stereocenters. The minimum atomic E-state index is -0.596. The van der Waals surface area contributed by atoms with Gasteiger partial charge in [-0.05, 0) is 30.5 Å². The molecule has 5 heteroatoms. The molecule has 0 bridgehead atoms. The van der Waals surface area contributed by atoms with Gasteiger partial charge in [-0.3, -0.25) is 4.79 Å². The first-order valence-electron chi connectivity index (χ1n) is 5.67. The molecule has 2 aromatic rings. The van der Waals surface area contributed by atoms with Gasteiger partial charge in [0.15, 0.2) is 5.75 Å². The van der Waals surface area contributed by atoms with Crippen molar-refractivity contribution < 1.29 is 9.50 Å². The summed E-state index contributed by atoms with van der Waals surface area (Å²) in [6.45, 7) is 0. The van der Waals surface area contributed by atoms with E-state index in [4.69, 9.17) is 0 Å². The Bertz CT molecular complexity index is 645. The van der Waals surface area contributed by atoms with Crippen LogP contribution in [0.2, 0.25) is 0 Å². The molecule has 18 heavy (non-hydrogen) atoms. The van der Waals surface area contributed by atoms with E-state index < -0.39 is 5.56 Å². The monoisotopic (exact) mass is 246 g/mol. The number of nitrogens with zero attached hydrogens (tertiary/aromatic N) is 1. The molecular weight excluding hydrogens is 235 g/mol. The average molecular weight is 246 g/mol. The average Bonchev–Trinajstić information content (AvgIpc) is 3.15. The number of rotatable bonds is 2. The Hall–Kier alpha value is -2.17. The summed E-state index contributed by atoms with van der Waals surface area (Å²) in [6, 6.07) is 6.13. The molecule has 0 spiro atoms. The number of aromatic hydroxyl groups is 1. The van der Waals surface area contributed by atoms with Gasteiger partial charge < -0.3 is 5.11 Å². The Kier molecular flexibility index (Phi) is 2.23. The molecule has 0 saturated heterocycles. The maximum atomic E-state index is 12.9. The molecule has 0 amide bonds. The SMILES string of the molecule is O=c1[nH]ncc(C2(c3ccc(F)cc3)CC2)c1O. The molecule has 1 aromatic heterocycles. The van der Waals surface area contributed by atoms with Crippen LogP contribution in [-0.2, 0) is 5.41 Å². The second-order valence-corrected chi connectivity index (χ2v) is 4.55. The van der Waals surface area contributed by atoms with E-state index in [2.05, 4.69) is 10.2 Å². The zero-order valence-electron chi connectivity index (χ0n) is 9.48. The highest BCUT2D eigenvalue weighted by molar-refractivity contribution is 5.48. The lowest BCUT2D eigenvalue weighted by Gasteiger charge is -2.16. The van der Waals surface area contributed by atoms with Crippen molar-refractivity contribution >= 4 is 0 Å². The standard InChI is InChI=1S/C13H11FN2O2/c14-9-3-1-8(2-4-9)13(5-6-13)10-7-15-16-12(18)11(10)17/h1-4,7H,5-6H2,(H,15,17)(H,16,18). The summed E-state index contributed by atoms with van der Waals surface area (Å²) in [4.78, 5) is 11.4. The van der Waals surface area contributed by atoms with Gasteiger partial charge >= 0.3 is 5.56 Å². The van der Waals surface area contributed by atoms with Gasteiger partial charge in [-0.15, -0.1) is 0 Å². The predicted molar refractivity (Wildman–Crippen MR) is 62.9 cm³/mol. The van der Waals surface area contributed by atoms with Gasteiger partial charge in [-0.25, -0.2) is 9.49 Å². The van der Waals surface area contributed by atoms with Crippen LogP contribution in [0.5, 0.6) is 5.75 Å². The lowest BCUT2D eigenvalue weighted by molar-refractivity contribution is 0.451. The summed E-state index contributed by atoms with van der Waals surface area (Å²) >= 11 is 0. The van der Waals surface area contributed by atoms with E-state index in [0.717, 1.165) is 18.4 Å². The number of benzene rings is 1. The minimum Gasteiger partial charge on any atom is -0.503 e. The van der Waals surface area contributed by atoms with Crippen LogP contribution >= 0.6 is 0 Å². The molecule has 1 aliphatic rings. The lowest BCUT2D eigenvalue weighted by Crippen LogP contribution is -2.16. The maximum absolute atomic E-state index is 12.9. The molecule has 1 saturated carbocycles. The fourth-order valence-electron chi connectivity index (χ4n) is 2.35. The highest BCUT2D eigenvalue weighted by atomic mass is 19.1. The Balaban J connectivity index is 2.13. The summed E-state index contributed by atoms with van der Waals surface area (Å²) in [5, 5.41) is 15.7. The van der Waals surface area contributed by atoms with Gasteiger partial charge in [0, 0.05) is 11.0 Å². The van der Waals surface area contributed by atoms with E-state index in [0.29, 0.717) is 5.56 Å². The molecule has 4 nitrogen and oxygen atoms in total. The maximum Gasteiger partial charge on any atom is 0.306 e. The highest BCUT2D eigenvalue weighted by Gasteiger charge is 2.48. The minimum absolute atomic E-state index is 0.299. The molecule has 1 aromatic carbocycles. The Morgan fingerprint density at radius 2 is 1.94 bits per heavy atom. The highest BCUT2D eigenvalue weighted by Crippen LogP contribution is 2.54. The Morgan fingerprint density at radius 3 is 2.56 bits per heavy atom. The van der Waals surface area contributed by atoms with E-state index in [1.54, 1.807) is 12.1 Å². The first-order chi connectivity index (χ1) is 8.63. The topological polar surface area (TPSA) is 66.0 Å². The number of H-pyrrole nitrogens is 1. The molecule has 0 aliphatic heterocycles. The fraction of sp³-hybridized carbons (Fsp3) is 0.231. The van der Waals surface area contributed by atoms with Crippen molar-refractivity contribution in [3.8, 4) is 5.75 Å². The second-order valence-electron chi connectivity index (χ2n) is 4.55. The molecule has 3 rings (SSSR count). The molecule has 2 N–H and O–H groups in total. The molecule has 0 radical (unpaired) electrons. The van der Waals surface area contributed by atoms with Gasteiger partial charge in [-0.1, -0.05) is 12.1 Å². The summed E-state index contributed by atoms with van der Waals surface area (Å²) in [6.07, 6.45) is 3.10. The Labute approximate surface area is 102 Å². The van der Waals surface area contributed by atoms with E-state index in [-0.39, 0.29) is 17.0 Å². The van der Waals surface area contributed by atoms with Crippen LogP contribution in [0.15, 0.2) is 35.3 Å². The van der Waals surface area contributed by atoms with Crippen LogP contribution in [-0.4, -0.2) is 15.3 Å². The summed E-state index contributed by atoms with van der Waals surface area (Å²) in [7, 11) is 0. The quantitative estimate of drug-likeness (QED) is 0.847. The van der Waals surface area contributed by atoms with Gasteiger partial charge in [0.1, 0.15) is 5.82 Å². The van der Waals surface area contributed by atoms with Crippen molar-refractivity contribution in [3.63, 3.8) is 0 Å². The largest absolute Gasteiger partial charge is 0.503 e. The van der Waals surface area contributed by atoms with Crippen LogP contribution in [0.3, 0.4) is 0 Å². The number of aromatic nitrogens is 2. The van der Waals surface area contributed by atoms with E-state index in [9.17, 15) is 14.3 Å². The lowest BCUT2D eigenvalue weighted by atomic mass is 9.89. The third-order valence-electron chi connectivity index (χ3n) is 3.49. The molecule has 1 fully saturated rings. The van der Waals surface area contributed by atoms with Crippen LogP contribution in [0, 0.1) is 5.82 Å². The third kappa shape index (κ3) is 1.51. The molecule has 1 aliphatic carbocycles. The van der Waals surface area contributed by atoms with Crippen molar-refractivity contribution in [1.82, 2.24) is 10.2 Å². The summed E-state index contributed by atoms with van der Waals surface area (Å²) in [5.41, 5.74) is 0.421. The second kappa shape index (κ2) is 3.66. The van der Waals surface area contributed by atoms with Crippen LogP contribution in [0.25, 0.3) is 0 Å². The number of halogens is 1. The third-order valence-corrected chi connectivity index (χ3v) is 3.49. The van der Waals surface area contributed by atoms with E-state index in [1.807, 2.05) is 0 Å². The predicted octanol–water partition coefficient (Wildman–Crippen LogP) is 1.69. The molecule has 92 valence electrons. The first-order valence-corrected chi connectivity index (χ1v) is 5.67. The van der Waals surface area contributed by atoms with Crippen molar-refractivity contribution in [2.75, 3.05) is 0 Å². The smallest absolute Gasteiger partial charge is 0.306 e. The van der Waals surface area contributed by atoms with Crippen LogP contribution < -0.4 is 5.56 Å². The van der Waals surface area contributed by atoms with Gasteiger partial charge in [0.2, 0.25) is 0 Å². The van der Waals surface area contributed by atoms with Crippen LogP contribution in [0.1, 0.15) is 24.0 Å². The van der Waals surface area contributed by atoms with E-state index >= 15 is 0 Å². The number of hydrogen-bond acceptors (Lipinski definition) is 3. The number of aromatic amines is 1. The number of nitrogens with one attached hydrogen (secondary N) is 1. The Morgan fingerprint density at radius 1 is 1.28 bits per heavy atom. The van der Waals surface area contributed by atoms with Gasteiger partial charge in [-0.2, -0.15) is 5.10 Å². The summed E-state index contributed by atoms with van der Waals surface area (Å²) < 4.78 is 12.9. The summed E-state index contributed by atoms with van der Waals surface area (Å²) in [5.74, 6) is -0.602. The fourth-order valence-corrected chi connectivity index (χ4v) is 2.35. The van der Waals surface area contributed by atoms with Crippen molar-refractivity contribution in [2.45, 2.75) is 18.3 Å². The number of hydrogen-bond donors (Lipinski definition) is 2. The first kappa shape index (κ1) is 11.0. The van der Waals surface area contributed by atoms with Crippen molar-refractivity contribution in [2.24, 2.45) is 0 Å². The van der Waals surface area contributed by atoms with Crippen molar-refractivity contribution in [1.29, 1.82) is 0 Å². The zero-order valence-corrected chi connectivity index (χ0v) is 9.48. The van der Waals surface area contributed by atoms with Crippen molar-refractivity contribution in [3.05, 3.63) is 57.8 Å². The zero-order chi connectivity index (χ0) is 12.8. The molecular formula is C13H11FN2O2. The van der Waals surface area contributed by atoms with Gasteiger partial charge in [0.25, 0.3) is 0 Å². The normalized spacial score (nSPS) is 16.5.